The number of rotatable bonds is 5. The Hall–Kier alpha value is -1.22. The highest BCUT2D eigenvalue weighted by Crippen LogP contribution is 2.59. The quantitative estimate of drug-likeness (QED) is 0.269. The molecule has 8 rings (SSSR count). The zero-order valence-corrected chi connectivity index (χ0v) is 32.6. The Kier molecular flexibility index (Phi) is 9.46. The molecule has 6 fully saturated rings. The number of thioether (sulfide) groups is 1. The largest absolute Gasteiger partial charge is 0.374 e. The molecular formula is C45H69N2S+. The maximum atomic E-state index is 2.75. The van der Waals surface area contributed by atoms with Gasteiger partial charge in [0.15, 0.2) is 11.8 Å². The highest BCUT2D eigenvalue weighted by atomic mass is 32.2. The van der Waals surface area contributed by atoms with Gasteiger partial charge in [0.2, 0.25) is 0 Å². The van der Waals surface area contributed by atoms with E-state index in [1.54, 1.807) is 27.5 Å². The van der Waals surface area contributed by atoms with E-state index in [0.717, 1.165) is 52.8 Å². The van der Waals surface area contributed by atoms with Crippen molar-refractivity contribution in [2.24, 2.45) is 46.3 Å². The standard InChI is InChI=1S/C45H69N2S/c1-44(2)39(46(5)37-26-22-30-14-10-12-18-35(30)41(37)44)28-24-32-20-21-33(43(32)48-34-16-8-7-9-17-34)25-29-40-45(3,4)42-36-19-13-11-15-31(36)23-27-38(42)47(40)6/h24-25,28-31,34-38,41-42H,7-23,26-27H2,1-6H3/q+1. The molecule has 0 spiro atoms. The molecule has 0 N–H and O–H groups in total. The zero-order chi connectivity index (χ0) is 33.2. The first-order valence-corrected chi connectivity index (χ1v) is 21.9. The number of hydrogen-bond acceptors (Lipinski definition) is 2. The van der Waals surface area contributed by atoms with Gasteiger partial charge in [-0.05, 0) is 118 Å². The van der Waals surface area contributed by atoms with E-state index in [2.05, 4.69) is 87.3 Å². The molecule has 3 heteroatoms. The predicted molar refractivity (Wildman–Crippen MR) is 206 cm³/mol. The molecule has 0 aromatic rings. The van der Waals surface area contributed by atoms with Gasteiger partial charge in [-0.1, -0.05) is 83.8 Å². The van der Waals surface area contributed by atoms with E-state index in [9.17, 15) is 0 Å². The number of allylic oxidation sites excluding steroid dienone is 7. The SMILES string of the molecule is CN1/C(=C/C=C2\CCC(/C=C/C3=[N+](C)C4CCC5CCCCC5C4C3(C)C)=C2SC2CCCCC2)C(C)(C)C2C3CCCCC3CCC21. The topological polar surface area (TPSA) is 6.25 Å². The average molecular weight is 670 g/mol. The lowest BCUT2D eigenvalue weighted by atomic mass is 9.57. The Bertz CT molecular complexity index is 1380. The van der Waals surface area contributed by atoms with E-state index in [4.69, 9.17) is 0 Å². The summed E-state index contributed by atoms with van der Waals surface area (Å²) >= 11 is 2.28. The summed E-state index contributed by atoms with van der Waals surface area (Å²) in [5, 5.41) is 0.798. The third-order valence-electron chi connectivity index (χ3n) is 16.1. The van der Waals surface area contributed by atoms with Crippen molar-refractivity contribution in [2.45, 2.75) is 167 Å². The van der Waals surface area contributed by atoms with Crippen LogP contribution in [0.1, 0.15) is 150 Å². The lowest BCUT2D eigenvalue weighted by Gasteiger charge is -2.47. The van der Waals surface area contributed by atoms with Gasteiger partial charge in [0.25, 0.3) is 0 Å². The maximum Gasteiger partial charge on any atom is 0.182 e. The summed E-state index contributed by atoms with van der Waals surface area (Å²) in [4.78, 5) is 4.41. The molecule has 48 heavy (non-hydrogen) atoms. The van der Waals surface area contributed by atoms with Crippen molar-refractivity contribution in [3.63, 3.8) is 0 Å². The molecule has 1 saturated heterocycles. The van der Waals surface area contributed by atoms with Crippen molar-refractivity contribution in [3.05, 3.63) is 46.1 Å². The molecular weight excluding hydrogens is 601 g/mol. The van der Waals surface area contributed by atoms with Crippen molar-refractivity contribution >= 4 is 17.5 Å². The van der Waals surface area contributed by atoms with E-state index in [-0.39, 0.29) is 10.8 Å². The molecule has 8 unspecified atom stereocenters. The summed E-state index contributed by atoms with van der Waals surface area (Å²) < 4.78 is 2.75. The molecule has 0 aromatic heterocycles. The van der Waals surface area contributed by atoms with Crippen molar-refractivity contribution < 1.29 is 4.58 Å². The Morgan fingerprint density at radius 2 is 1.31 bits per heavy atom. The van der Waals surface area contributed by atoms with E-state index in [1.807, 2.05) is 0 Å². The van der Waals surface area contributed by atoms with Crippen molar-refractivity contribution in [2.75, 3.05) is 14.1 Å². The van der Waals surface area contributed by atoms with Crippen molar-refractivity contribution in [1.82, 2.24) is 4.90 Å². The summed E-state index contributed by atoms with van der Waals surface area (Å²) in [7, 11) is 4.89. The highest BCUT2D eigenvalue weighted by Gasteiger charge is 2.59. The molecule has 2 aliphatic heterocycles. The third kappa shape index (κ3) is 5.79. The number of hydrogen-bond donors (Lipinski definition) is 0. The van der Waals surface area contributed by atoms with Crippen LogP contribution in [-0.2, 0) is 0 Å². The Balaban J connectivity index is 1.09. The van der Waals surface area contributed by atoms with E-state index in [1.165, 1.54) is 122 Å². The molecule has 6 aliphatic carbocycles. The number of fused-ring (bicyclic) bond motifs is 6. The Morgan fingerprint density at radius 3 is 2.04 bits per heavy atom. The monoisotopic (exact) mass is 670 g/mol. The van der Waals surface area contributed by atoms with Crippen LogP contribution in [0.3, 0.4) is 0 Å². The van der Waals surface area contributed by atoms with Crippen LogP contribution in [0.25, 0.3) is 0 Å². The van der Waals surface area contributed by atoms with Crippen LogP contribution < -0.4 is 0 Å². The minimum atomic E-state index is 0.266. The summed E-state index contributed by atoms with van der Waals surface area (Å²) in [6, 6.07) is 1.49. The van der Waals surface area contributed by atoms with Gasteiger partial charge in [-0.15, -0.1) is 11.8 Å². The lowest BCUT2D eigenvalue weighted by molar-refractivity contribution is -0.541. The minimum absolute atomic E-state index is 0.266. The third-order valence-corrected chi connectivity index (χ3v) is 17.6. The molecule has 2 heterocycles. The van der Waals surface area contributed by atoms with Crippen molar-refractivity contribution in [1.29, 1.82) is 0 Å². The van der Waals surface area contributed by atoms with Gasteiger partial charge in [0.1, 0.15) is 7.05 Å². The number of likely N-dealkylation sites (tertiary alicyclic amines) is 1. The van der Waals surface area contributed by atoms with Crippen LogP contribution in [0.5, 0.6) is 0 Å². The fourth-order valence-corrected chi connectivity index (χ4v) is 15.4. The Labute approximate surface area is 299 Å². The lowest BCUT2D eigenvalue weighted by Crippen LogP contribution is -2.45. The van der Waals surface area contributed by atoms with Crippen LogP contribution in [0.15, 0.2) is 46.1 Å². The second-order valence-corrected chi connectivity index (χ2v) is 20.4. The van der Waals surface area contributed by atoms with Gasteiger partial charge in [-0.3, -0.25) is 0 Å². The average Bonchev–Trinajstić information content (AvgIpc) is 3.63. The molecule has 2 nitrogen and oxygen atoms in total. The maximum absolute atomic E-state index is 2.75. The summed E-state index contributed by atoms with van der Waals surface area (Å²) in [5.74, 6) is 5.53. The molecule has 8 atom stereocenters. The van der Waals surface area contributed by atoms with Crippen LogP contribution >= 0.6 is 11.8 Å². The van der Waals surface area contributed by atoms with Gasteiger partial charge in [0, 0.05) is 52.8 Å². The van der Waals surface area contributed by atoms with E-state index < -0.39 is 0 Å². The first-order chi connectivity index (χ1) is 23.2. The second kappa shape index (κ2) is 13.4. The zero-order valence-electron chi connectivity index (χ0n) is 31.7. The van der Waals surface area contributed by atoms with E-state index in [0.29, 0.717) is 0 Å². The molecule has 0 bridgehead atoms. The van der Waals surface area contributed by atoms with Crippen LogP contribution in [0.2, 0.25) is 0 Å². The van der Waals surface area contributed by atoms with Crippen LogP contribution in [0.4, 0.5) is 0 Å². The van der Waals surface area contributed by atoms with Crippen LogP contribution in [0, 0.1) is 46.3 Å². The summed E-state index contributed by atoms with van der Waals surface area (Å²) in [6.45, 7) is 10.4. The van der Waals surface area contributed by atoms with Gasteiger partial charge in [-0.25, -0.2) is 4.58 Å². The predicted octanol–water partition coefficient (Wildman–Crippen LogP) is 11.7. The second-order valence-electron chi connectivity index (χ2n) is 19.1. The fourth-order valence-electron chi connectivity index (χ4n) is 13.9. The molecule has 0 aromatic carbocycles. The van der Waals surface area contributed by atoms with E-state index >= 15 is 0 Å². The highest BCUT2D eigenvalue weighted by molar-refractivity contribution is 8.04. The van der Waals surface area contributed by atoms with Gasteiger partial charge >= 0.3 is 0 Å². The van der Waals surface area contributed by atoms with Gasteiger partial charge in [0.05, 0.1) is 5.41 Å². The molecule has 5 saturated carbocycles. The summed E-state index contributed by atoms with van der Waals surface area (Å²) in [6.07, 6.45) is 37.6. The fraction of sp³-hybridized carbons (Fsp3) is 0.800. The van der Waals surface area contributed by atoms with Crippen molar-refractivity contribution in [3.8, 4) is 0 Å². The molecule has 264 valence electrons. The first kappa shape index (κ1) is 33.9. The molecule has 0 amide bonds. The van der Waals surface area contributed by atoms with Gasteiger partial charge in [-0.2, -0.15) is 0 Å². The van der Waals surface area contributed by atoms with Gasteiger partial charge < -0.3 is 4.90 Å². The molecule has 8 aliphatic rings. The normalized spacial score (nSPS) is 41.3. The Morgan fingerprint density at radius 1 is 0.667 bits per heavy atom. The molecule has 0 radical (unpaired) electrons. The van der Waals surface area contributed by atoms with Crippen LogP contribution in [-0.4, -0.2) is 46.6 Å². The first-order valence-electron chi connectivity index (χ1n) is 21.0. The minimum Gasteiger partial charge on any atom is -0.374 e. The smallest absolute Gasteiger partial charge is 0.182 e. The number of nitrogens with zero attached hydrogens (tertiary/aromatic N) is 2. The summed E-state index contributed by atoms with van der Waals surface area (Å²) in [5.41, 5.74) is 7.04.